The zero-order chi connectivity index (χ0) is 15.6. The Morgan fingerprint density at radius 1 is 1.30 bits per heavy atom. The van der Waals surface area contributed by atoms with E-state index in [1.54, 1.807) is 45.0 Å². The molecule has 7 heteroatoms. The van der Waals surface area contributed by atoms with Crippen LogP contribution in [0.3, 0.4) is 0 Å². The number of nitrogens with zero attached hydrogens (tertiary/aromatic N) is 1. The summed E-state index contributed by atoms with van der Waals surface area (Å²) in [5, 5.41) is 0. The molecule has 112 valence electrons. The van der Waals surface area contributed by atoms with Gasteiger partial charge in [-0.05, 0) is 38.5 Å². The number of nitrogens with two attached hydrogens (primary N) is 2. The maximum atomic E-state index is 12.5. The van der Waals surface area contributed by atoms with E-state index in [0.717, 1.165) is 4.31 Å². The molecule has 0 spiro atoms. The van der Waals surface area contributed by atoms with Gasteiger partial charge in [-0.3, -0.25) is 4.79 Å². The molecular weight excluding hydrogens is 278 g/mol. The quantitative estimate of drug-likeness (QED) is 0.780. The summed E-state index contributed by atoms with van der Waals surface area (Å²) in [6.45, 7) is 4.45. The fraction of sp³-hybridized carbons (Fsp3) is 0.462. The van der Waals surface area contributed by atoms with E-state index in [1.165, 1.54) is 0 Å². The van der Waals surface area contributed by atoms with E-state index in [-0.39, 0.29) is 13.1 Å². The third-order valence-electron chi connectivity index (χ3n) is 2.76. The molecule has 0 heterocycles. The molecule has 0 saturated heterocycles. The Morgan fingerprint density at radius 2 is 1.90 bits per heavy atom. The Hall–Kier alpha value is -1.60. The van der Waals surface area contributed by atoms with Crippen LogP contribution in [0.15, 0.2) is 24.3 Å². The average Bonchev–Trinajstić information content (AvgIpc) is 2.26. The third kappa shape index (κ3) is 3.94. The summed E-state index contributed by atoms with van der Waals surface area (Å²) in [6, 6.07) is 6.87. The van der Waals surface area contributed by atoms with Crippen molar-refractivity contribution in [3.8, 4) is 0 Å². The van der Waals surface area contributed by atoms with Gasteiger partial charge in [-0.25, -0.2) is 8.42 Å². The maximum Gasteiger partial charge on any atom is 0.232 e. The number of sulfonamides is 1. The van der Waals surface area contributed by atoms with Crippen molar-refractivity contribution in [3.63, 3.8) is 0 Å². The first-order valence-electron chi connectivity index (χ1n) is 6.16. The standard InChI is InChI=1S/C13H21N3O3S/c1-13(2,3)20(18,19)16(9-12(15)17)8-10-5-4-6-11(14)7-10/h4-7H,8-9,14H2,1-3H3,(H2,15,17). The summed E-state index contributed by atoms with van der Waals surface area (Å²) < 4.78 is 25.0. The zero-order valence-corrected chi connectivity index (χ0v) is 12.8. The molecule has 0 radical (unpaired) electrons. The average molecular weight is 299 g/mol. The number of hydrogen-bond donors (Lipinski definition) is 2. The van der Waals surface area contributed by atoms with Gasteiger partial charge in [-0.2, -0.15) is 4.31 Å². The van der Waals surface area contributed by atoms with Crippen molar-refractivity contribution in [2.24, 2.45) is 5.73 Å². The van der Waals surface area contributed by atoms with Crippen LogP contribution in [-0.2, 0) is 21.4 Å². The molecule has 1 rings (SSSR count). The smallest absolute Gasteiger partial charge is 0.232 e. The zero-order valence-electron chi connectivity index (χ0n) is 12.0. The van der Waals surface area contributed by atoms with Crippen LogP contribution in [0.5, 0.6) is 0 Å². The number of primary amides is 1. The van der Waals surface area contributed by atoms with E-state index in [1.807, 2.05) is 0 Å². The predicted octanol–water partition coefficient (Wildman–Crippen LogP) is 0.684. The molecule has 0 atom stereocenters. The van der Waals surface area contributed by atoms with Crippen LogP contribution in [0.25, 0.3) is 0 Å². The van der Waals surface area contributed by atoms with E-state index in [2.05, 4.69) is 0 Å². The van der Waals surface area contributed by atoms with E-state index in [4.69, 9.17) is 11.5 Å². The topological polar surface area (TPSA) is 106 Å². The van der Waals surface area contributed by atoms with Crippen molar-refractivity contribution in [2.75, 3.05) is 12.3 Å². The van der Waals surface area contributed by atoms with E-state index in [0.29, 0.717) is 11.3 Å². The third-order valence-corrected chi connectivity index (χ3v) is 5.24. The molecule has 0 saturated carbocycles. The highest BCUT2D eigenvalue weighted by atomic mass is 32.2. The van der Waals surface area contributed by atoms with Crippen LogP contribution in [0.4, 0.5) is 5.69 Å². The lowest BCUT2D eigenvalue weighted by atomic mass is 10.2. The molecule has 0 aliphatic rings. The molecule has 1 amide bonds. The van der Waals surface area contributed by atoms with Crippen LogP contribution in [-0.4, -0.2) is 29.9 Å². The molecule has 0 aromatic heterocycles. The Morgan fingerprint density at radius 3 is 2.35 bits per heavy atom. The van der Waals surface area contributed by atoms with Crippen molar-refractivity contribution < 1.29 is 13.2 Å². The monoisotopic (exact) mass is 299 g/mol. The minimum Gasteiger partial charge on any atom is -0.399 e. The lowest BCUT2D eigenvalue weighted by Crippen LogP contribution is -2.46. The van der Waals surface area contributed by atoms with Crippen molar-refractivity contribution in [1.82, 2.24) is 4.31 Å². The second kappa shape index (κ2) is 5.80. The lowest BCUT2D eigenvalue weighted by Gasteiger charge is -2.29. The Balaban J connectivity index is 3.11. The highest BCUT2D eigenvalue weighted by molar-refractivity contribution is 7.90. The van der Waals surface area contributed by atoms with Gasteiger partial charge in [-0.1, -0.05) is 12.1 Å². The van der Waals surface area contributed by atoms with Crippen LogP contribution in [0.2, 0.25) is 0 Å². The molecule has 0 aliphatic carbocycles. The Kier molecular flexibility index (Phi) is 4.77. The molecule has 1 aromatic carbocycles. The summed E-state index contributed by atoms with van der Waals surface area (Å²) in [6.07, 6.45) is 0. The van der Waals surface area contributed by atoms with E-state index >= 15 is 0 Å². The molecule has 0 aliphatic heterocycles. The van der Waals surface area contributed by atoms with Gasteiger partial charge in [0.15, 0.2) is 0 Å². The predicted molar refractivity (Wildman–Crippen MR) is 79.1 cm³/mol. The summed E-state index contributed by atoms with van der Waals surface area (Å²) in [4.78, 5) is 11.1. The highest BCUT2D eigenvalue weighted by Crippen LogP contribution is 2.22. The molecule has 0 unspecified atom stereocenters. The molecule has 1 aromatic rings. The summed E-state index contributed by atoms with van der Waals surface area (Å²) in [5.41, 5.74) is 12.1. The van der Waals surface area contributed by atoms with Crippen LogP contribution in [0, 0.1) is 0 Å². The lowest BCUT2D eigenvalue weighted by molar-refractivity contribution is -0.118. The fourth-order valence-electron chi connectivity index (χ4n) is 1.68. The van der Waals surface area contributed by atoms with Crippen LogP contribution >= 0.6 is 0 Å². The van der Waals surface area contributed by atoms with Crippen molar-refractivity contribution in [3.05, 3.63) is 29.8 Å². The number of carbonyl (C=O) groups excluding carboxylic acids is 1. The number of rotatable bonds is 5. The first kappa shape index (κ1) is 16.5. The highest BCUT2D eigenvalue weighted by Gasteiger charge is 2.35. The van der Waals surface area contributed by atoms with E-state index < -0.39 is 20.7 Å². The first-order chi connectivity index (χ1) is 9.04. The largest absolute Gasteiger partial charge is 0.399 e. The van der Waals surface area contributed by atoms with Crippen molar-refractivity contribution in [1.29, 1.82) is 0 Å². The summed E-state index contributed by atoms with van der Waals surface area (Å²) in [7, 11) is -3.65. The minimum atomic E-state index is -3.65. The minimum absolute atomic E-state index is 0.0631. The molecule has 20 heavy (non-hydrogen) atoms. The molecule has 4 N–H and O–H groups in total. The van der Waals surface area contributed by atoms with Gasteiger partial charge in [0.1, 0.15) is 0 Å². The fourth-order valence-corrected chi connectivity index (χ4v) is 3.07. The number of benzene rings is 1. The number of carbonyl (C=O) groups is 1. The van der Waals surface area contributed by atoms with Gasteiger partial charge in [0.25, 0.3) is 0 Å². The van der Waals surface area contributed by atoms with Gasteiger partial charge in [0, 0.05) is 12.2 Å². The van der Waals surface area contributed by atoms with Gasteiger partial charge in [-0.15, -0.1) is 0 Å². The van der Waals surface area contributed by atoms with Crippen LogP contribution < -0.4 is 11.5 Å². The second-order valence-electron chi connectivity index (χ2n) is 5.60. The van der Waals surface area contributed by atoms with Crippen LogP contribution in [0.1, 0.15) is 26.3 Å². The molecule has 0 bridgehead atoms. The van der Waals surface area contributed by atoms with Gasteiger partial charge < -0.3 is 11.5 Å². The maximum absolute atomic E-state index is 12.5. The molecular formula is C13H21N3O3S. The second-order valence-corrected chi connectivity index (χ2v) is 8.29. The number of amides is 1. The summed E-state index contributed by atoms with van der Waals surface area (Å²) >= 11 is 0. The normalized spacial score (nSPS) is 12.6. The van der Waals surface area contributed by atoms with Crippen molar-refractivity contribution in [2.45, 2.75) is 32.1 Å². The van der Waals surface area contributed by atoms with Gasteiger partial charge in [0.05, 0.1) is 11.3 Å². The Bertz CT molecular complexity index is 591. The van der Waals surface area contributed by atoms with Crippen molar-refractivity contribution >= 4 is 21.6 Å². The SMILES string of the molecule is CC(C)(C)S(=O)(=O)N(CC(N)=O)Cc1cccc(N)c1. The number of nitrogen functional groups attached to an aromatic ring is 1. The number of hydrogen-bond acceptors (Lipinski definition) is 4. The van der Waals surface area contributed by atoms with Gasteiger partial charge in [0.2, 0.25) is 15.9 Å². The van der Waals surface area contributed by atoms with E-state index in [9.17, 15) is 13.2 Å². The first-order valence-corrected chi connectivity index (χ1v) is 7.60. The molecule has 0 fully saturated rings. The summed E-state index contributed by atoms with van der Waals surface area (Å²) in [5.74, 6) is -0.693. The Labute approximate surface area is 119 Å². The number of anilines is 1. The molecule has 6 nitrogen and oxygen atoms in total. The van der Waals surface area contributed by atoms with Gasteiger partial charge >= 0.3 is 0 Å².